The zero-order chi connectivity index (χ0) is 14.4. The van der Waals surface area contributed by atoms with Crippen molar-refractivity contribution in [2.75, 3.05) is 25.0 Å². The first-order chi connectivity index (χ1) is 9.69. The van der Waals surface area contributed by atoms with E-state index in [2.05, 4.69) is 10.2 Å². The van der Waals surface area contributed by atoms with Crippen LogP contribution in [0.25, 0.3) is 0 Å². The quantitative estimate of drug-likeness (QED) is 0.886. The zero-order valence-corrected chi connectivity index (χ0v) is 12.1. The standard InChI is InChI=1S/C16H24N2O2/c1-13-6-8-14(9-7-13)17-16(20)11-18-10-4-2-3-5-15(18)12-19/h6-9,15,19H,2-5,10-12H2,1H3,(H,17,20). The van der Waals surface area contributed by atoms with Crippen LogP contribution in [0.4, 0.5) is 5.69 Å². The Hall–Kier alpha value is -1.39. The summed E-state index contributed by atoms with van der Waals surface area (Å²) in [6.45, 7) is 3.41. The molecule has 2 N–H and O–H groups in total. The molecule has 1 aliphatic rings. The lowest BCUT2D eigenvalue weighted by molar-refractivity contribution is -0.118. The summed E-state index contributed by atoms with van der Waals surface area (Å²) in [4.78, 5) is 14.2. The Morgan fingerprint density at radius 3 is 2.75 bits per heavy atom. The molecule has 20 heavy (non-hydrogen) atoms. The van der Waals surface area contributed by atoms with E-state index in [1.807, 2.05) is 31.2 Å². The highest BCUT2D eigenvalue weighted by Crippen LogP contribution is 2.16. The van der Waals surface area contributed by atoms with Gasteiger partial charge in [0.05, 0.1) is 13.2 Å². The van der Waals surface area contributed by atoms with Crippen molar-refractivity contribution in [3.05, 3.63) is 29.8 Å². The van der Waals surface area contributed by atoms with Gasteiger partial charge < -0.3 is 10.4 Å². The molecule has 1 unspecified atom stereocenters. The number of amides is 1. The maximum absolute atomic E-state index is 12.1. The topological polar surface area (TPSA) is 52.6 Å². The van der Waals surface area contributed by atoms with Crippen molar-refractivity contribution < 1.29 is 9.90 Å². The fourth-order valence-electron chi connectivity index (χ4n) is 2.67. The van der Waals surface area contributed by atoms with Crippen LogP contribution < -0.4 is 5.32 Å². The first kappa shape index (κ1) is 15.0. The fraction of sp³-hybridized carbons (Fsp3) is 0.562. The van der Waals surface area contributed by atoms with Crippen LogP contribution >= 0.6 is 0 Å². The molecule has 1 saturated heterocycles. The first-order valence-electron chi connectivity index (χ1n) is 7.40. The van der Waals surface area contributed by atoms with Crippen LogP contribution in [0.1, 0.15) is 31.2 Å². The van der Waals surface area contributed by atoms with E-state index in [1.165, 1.54) is 12.0 Å². The lowest BCUT2D eigenvalue weighted by Gasteiger charge is -2.27. The van der Waals surface area contributed by atoms with Gasteiger partial charge in [0.25, 0.3) is 0 Å². The number of hydrogen-bond acceptors (Lipinski definition) is 3. The molecule has 1 fully saturated rings. The lowest BCUT2D eigenvalue weighted by Crippen LogP contribution is -2.42. The summed E-state index contributed by atoms with van der Waals surface area (Å²) in [5, 5.41) is 12.4. The number of carbonyl (C=O) groups excluding carboxylic acids is 1. The van der Waals surface area contributed by atoms with Crippen molar-refractivity contribution in [3.8, 4) is 0 Å². The molecule has 2 rings (SSSR count). The normalized spacial score (nSPS) is 20.4. The van der Waals surface area contributed by atoms with E-state index < -0.39 is 0 Å². The molecule has 0 aromatic heterocycles. The Bertz CT molecular complexity index is 431. The largest absolute Gasteiger partial charge is 0.395 e. The van der Waals surface area contributed by atoms with Gasteiger partial charge in [-0.25, -0.2) is 0 Å². The molecular formula is C16H24N2O2. The highest BCUT2D eigenvalue weighted by atomic mass is 16.3. The van der Waals surface area contributed by atoms with Gasteiger partial charge in [-0.1, -0.05) is 30.5 Å². The summed E-state index contributed by atoms with van der Waals surface area (Å²) in [5.74, 6) is -0.00537. The molecule has 0 spiro atoms. The average Bonchev–Trinajstić information content (AvgIpc) is 2.66. The molecule has 1 amide bonds. The molecule has 4 nitrogen and oxygen atoms in total. The monoisotopic (exact) mass is 276 g/mol. The van der Waals surface area contributed by atoms with Crippen LogP contribution in [0.2, 0.25) is 0 Å². The average molecular weight is 276 g/mol. The van der Waals surface area contributed by atoms with E-state index in [9.17, 15) is 9.90 Å². The molecule has 1 heterocycles. The van der Waals surface area contributed by atoms with Crippen molar-refractivity contribution in [1.82, 2.24) is 4.90 Å². The van der Waals surface area contributed by atoms with E-state index in [1.54, 1.807) is 0 Å². The van der Waals surface area contributed by atoms with E-state index in [0.717, 1.165) is 31.5 Å². The molecule has 0 radical (unpaired) electrons. The summed E-state index contributed by atoms with van der Waals surface area (Å²) in [5.41, 5.74) is 2.01. The highest BCUT2D eigenvalue weighted by molar-refractivity contribution is 5.92. The van der Waals surface area contributed by atoms with E-state index >= 15 is 0 Å². The van der Waals surface area contributed by atoms with Gasteiger partial charge in [-0.05, 0) is 38.4 Å². The summed E-state index contributed by atoms with van der Waals surface area (Å²) >= 11 is 0. The maximum atomic E-state index is 12.1. The number of aryl methyl sites for hydroxylation is 1. The van der Waals surface area contributed by atoms with Crippen LogP contribution in [0.3, 0.4) is 0 Å². The molecule has 1 aromatic rings. The van der Waals surface area contributed by atoms with Crippen molar-refractivity contribution in [2.45, 2.75) is 38.6 Å². The predicted molar refractivity (Wildman–Crippen MR) is 80.7 cm³/mol. The smallest absolute Gasteiger partial charge is 0.238 e. The van der Waals surface area contributed by atoms with Gasteiger partial charge in [-0.15, -0.1) is 0 Å². The number of benzene rings is 1. The minimum absolute atomic E-state index is 0.00537. The second-order valence-corrected chi connectivity index (χ2v) is 5.57. The molecule has 1 atom stereocenters. The number of aliphatic hydroxyl groups is 1. The number of hydrogen-bond donors (Lipinski definition) is 2. The zero-order valence-electron chi connectivity index (χ0n) is 12.1. The number of nitrogens with zero attached hydrogens (tertiary/aromatic N) is 1. The first-order valence-corrected chi connectivity index (χ1v) is 7.40. The second-order valence-electron chi connectivity index (χ2n) is 5.57. The third-order valence-electron chi connectivity index (χ3n) is 3.89. The second kappa shape index (κ2) is 7.41. The molecule has 4 heteroatoms. The number of likely N-dealkylation sites (tertiary alicyclic amines) is 1. The third kappa shape index (κ3) is 4.32. The third-order valence-corrected chi connectivity index (χ3v) is 3.89. The van der Waals surface area contributed by atoms with Gasteiger partial charge in [0.15, 0.2) is 0 Å². The Morgan fingerprint density at radius 1 is 1.30 bits per heavy atom. The van der Waals surface area contributed by atoms with Gasteiger partial charge in [0, 0.05) is 11.7 Å². The molecule has 110 valence electrons. The number of nitrogens with one attached hydrogen (secondary N) is 1. The number of anilines is 1. The molecule has 0 bridgehead atoms. The Kier molecular flexibility index (Phi) is 5.56. The van der Waals surface area contributed by atoms with Gasteiger partial charge in [0.1, 0.15) is 0 Å². The Morgan fingerprint density at radius 2 is 2.05 bits per heavy atom. The van der Waals surface area contributed by atoms with Crippen LogP contribution in [0.5, 0.6) is 0 Å². The van der Waals surface area contributed by atoms with Gasteiger partial charge >= 0.3 is 0 Å². The highest BCUT2D eigenvalue weighted by Gasteiger charge is 2.22. The van der Waals surface area contributed by atoms with Crippen LogP contribution in [0, 0.1) is 6.92 Å². The van der Waals surface area contributed by atoms with E-state index in [4.69, 9.17) is 0 Å². The molecule has 0 aliphatic carbocycles. The SMILES string of the molecule is Cc1ccc(NC(=O)CN2CCCCCC2CO)cc1. The van der Waals surface area contributed by atoms with Crippen LogP contribution in [-0.2, 0) is 4.79 Å². The summed E-state index contributed by atoms with van der Waals surface area (Å²) < 4.78 is 0. The van der Waals surface area contributed by atoms with Gasteiger partial charge in [-0.2, -0.15) is 0 Å². The molecule has 0 saturated carbocycles. The van der Waals surface area contributed by atoms with Crippen molar-refractivity contribution in [2.24, 2.45) is 0 Å². The predicted octanol–water partition coefficient (Wildman–Crippen LogP) is 2.17. The maximum Gasteiger partial charge on any atom is 0.238 e. The minimum atomic E-state index is -0.00537. The number of rotatable bonds is 4. The lowest BCUT2D eigenvalue weighted by atomic mass is 10.1. The summed E-state index contributed by atoms with van der Waals surface area (Å²) in [6.07, 6.45) is 4.41. The summed E-state index contributed by atoms with van der Waals surface area (Å²) in [7, 11) is 0. The van der Waals surface area contributed by atoms with Crippen LogP contribution in [0.15, 0.2) is 24.3 Å². The van der Waals surface area contributed by atoms with Gasteiger partial charge in [0.2, 0.25) is 5.91 Å². The van der Waals surface area contributed by atoms with E-state index in [0.29, 0.717) is 6.54 Å². The van der Waals surface area contributed by atoms with Crippen molar-refractivity contribution in [1.29, 1.82) is 0 Å². The Balaban J connectivity index is 1.90. The van der Waals surface area contributed by atoms with Crippen molar-refractivity contribution in [3.63, 3.8) is 0 Å². The van der Waals surface area contributed by atoms with Crippen LogP contribution in [-0.4, -0.2) is 41.7 Å². The molecule has 1 aromatic carbocycles. The molecular weight excluding hydrogens is 252 g/mol. The van der Waals surface area contributed by atoms with Gasteiger partial charge in [-0.3, -0.25) is 9.69 Å². The number of aliphatic hydroxyl groups excluding tert-OH is 1. The number of carbonyl (C=O) groups is 1. The van der Waals surface area contributed by atoms with E-state index in [-0.39, 0.29) is 18.6 Å². The molecule has 1 aliphatic heterocycles. The van der Waals surface area contributed by atoms with Crippen molar-refractivity contribution >= 4 is 11.6 Å². The fourth-order valence-corrected chi connectivity index (χ4v) is 2.67. The Labute approximate surface area is 120 Å². The summed E-state index contributed by atoms with van der Waals surface area (Å²) in [6, 6.07) is 7.93. The minimum Gasteiger partial charge on any atom is -0.395 e.